The summed E-state index contributed by atoms with van der Waals surface area (Å²) < 4.78 is 9.25. The molecule has 0 N–H and O–H groups in total. The molecular weight excluding hydrogens is 354 g/mol. The molecule has 0 bridgehead atoms. The summed E-state index contributed by atoms with van der Waals surface area (Å²) in [5.74, 6) is 0.912. The molecule has 26 heavy (non-hydrogen) atoms. The van der Waals surface area contributed by atoms with Gasteiger partial charge in [-0.15, -0.1) is 10.2 Å². The number of morpholine rings is 1. The summed E-state index contributed by atoms with van der Waals surface area (Å²) in [7, 11) is 0. The normalized spacial score (nSPS) is 18.3. The molecule has 9 nitrogen and oxygen atoms in total. The lowest BCUT2D eigenvalue weighted by Crippen LogP contribution is -2.48. The maximum absolute atomic E-state index is 12.6. The number of hydrogen-bond donors (Lipinski definition) is 0. The van der Waals surface area contributed by atoms with Crippen LogP contribution in [-0.2, 0) is 4.74 Å². The van der Waals surface area contributed by atoms with Crippen molar-refractivity contribution in [3.8, 4) is 0 Å². The first-order valence-electron chi connectivity index (χ1n) is 8.71. The van der Waals surface area contributed by atoms with Crippen LogP contribution in [0.25, 0.3) is 0 Å². The highest BCUT2D eigenvalue weighted by molar-refractivity contribution is 7.07. The maximum Gasteiger partial charge on any atom is 0.267 e. The van der Waals surface area contributed by atoms with Crippen LogP contribution in [0.2, 0.25) is 0 Å². The van der Waals surface area contributed by atoms with Crippen molar-refractivity contribution < 1.29 is 9.53 Å². The van der Waals surface area contributed by atoms with Gasteiger partial charge < -0.3 is 19.4 Å². The van der Waals surface area contributed by atoms with Crippen LogP contribution in [0.5, 0.6) is 0 Å². The van der Waals surface area contributed by atoms with E-state index >= 15 is 0 Å². The number of anilines is 2. The van der Waals surface area contributed by atoms with Gasteiger partial charge in [0, 0.05) is 45.3 Å². The van der Waals surface area contributed by atoms with Crippen LogP contribution in [0.15, 0.2) is 12.3 Å². The Morgan fingerprint density at radius 2 is 1.85 bits per heavy atom. The maximum atomic E-state index is 12.6. The van der Waals surface area contributed by atoms with Crippen LogP contribution in [0.4, 0.5) is 11.5 Å². The molecule has 2 aliphatic rings. The van der Waals surface area contributed by atoms with Gasteiger partial charge in [-0.05, 0) is 18.5 Å². The van der Waals surface area contributed by atoms with E-state index in [9.17, 15) is 4.79 Å². The van der Waals surface area contributed by atoms with Crippen molar-refractivity contribution in [1.82, 2.24) is 24.7 Å². The summed E-state index contributed by atoms with van der Waals surface area (Å²) in [4.78, 5) is 19.5. The van der Waals surface area contributed by atoms with Gasteiger partial charge in [-0.25, -0.2) is 0 Å². The minimum atomic E-state index is 0.0269. The average molecular weight is 375 g/mol. The number of carbonyl (C=O) groups is 1. The molecule has 1 amide bonds. The van der Waals surface area contributed by atoms with E-state index < -0.39 is 0 Å². The van der Waals surface area contributed by atoms with E-state index in [0.717, 1.165) is 50.9 Å². The first-order chi connectivity index (χ1) is 12.7. The molecule has 0 radical (unpaired) electrons. The molecule has 0 saturated carbocycles. The molecule has 2 aromatic heterocycles. The number of aromatic nitrogens is 4. The number of rotatable bonds is 3. The minimum absolute atomic E-state index is 0.0269. The fourth-order valence-electron chi connectivity index (χ4n) is 3.20. The molecule has 4 rings (SSSR count). The van der Waals surface area contributed by atoms with Gasteiger partial charge in [0.2, 0.25) is 0 Å². The molecule has 2 saturated heterocycles. The second kappa shape index (κ2) is 7.50. The number of carbonyl (C=O) groups excluding carboxylic acids is 1. The van der Waals surface area contributed by atoms with E-state index in [4.69, 9.17) is 4.74 Å². The Balaban J connectivity index is 1.40. The number of nitrogens with zero attached hydrogens (tertiary/aromatic N) is 7. The zero-order valence-electron chi connectivity index (χ0n) is 14.7. The Hall–Kier alpha value is -2.33. The largest absolute Gasteiger partial charge is 0.378 e. The van der Waals surface area contributed by atoms with Crippen molar-refractivity contribution in [3.63, 3.8) is 0 Å². The quantitative estimate of drug-likeness (QED) is 0.764. The third-order valence-corrected chi connectivity index (χ3v) is 5.56. The zero-order valence-corrected chi connectivity index (χ0v) is 15.5. The summed E-state index contributed by atoms with van der Waals surface area (Å²) in [6, 6.07) is 2.08. The number of piperazine rings is 1. The van der Waals surface area contributed by atoms with E-state index in [1.807, 2.05) is 11.8 Å². The predicted molar refractivity (Wildman–Crippen MR) is 97.8 cm³/mol. The predicted octanol–water partition coefficient (Wildman–Crippen LogP) is 0.436. The molecule has 0 unspecified atom stereocenters. The Labute approximate surface area is 155 Å². The van der Waals surface area contributed by atoms with Crippen LogP contribution in [-0.4, -0.2) is 83.1 Å². The van der Waals surface area contributed by atoms with Crippen LogP contribution in [0.1, 0.15) is 15.4 Å². The second-order valence-electron chi connectivity index (χ2n) is 6.34. The zero-order chi connectivity index (χ0) is 17.9. The van der Waals surface area contributed by atoms with Gasteiger partial charge in [0.15, 0.2) is 5.82 Å². The Kier molecular flexibility index (Phi) is 4.93. The van der Waals surface area contributed by atoms with Crippen molar-refractivity contribution in [3.05, 3.63) is 22.8 Å². The average Bonchev–Trinajstić information content (AvgIpc) is 3.14. The first kappa shape index (κ1) is 17.1. The monoisotopic (exact) mass is 375 g/mol. The van der Waals surface area contributed by atoms with Crippen molar-refractivity contribution in [2.24, 2.45) is 0 Å². The number of amides is 1. The number of aryl methyl sites for hydroxylation is 1. The Morgan fingerprint density at radius 3 is 2.54 bits per heavy atom. The van der Waals surface area contributed by atoms with Crippen LogP contribution in [0.3, 0.4) is 0 Å². The molecule has 0 spiro atoms. The molecule has 4 heterocycles. The summed E-state index contributed by atoms with van der Waals surface area (Å²) in [5.41, 5.74) is 1.75. The molecule has 0 aromatic carbocycles. The van der Waals surface area contributed by atoms with E-state index in [2.05, 4.69) is 35.7 Å². The van der Waals surface area contributed by atoms with Gasteiger partial charge in [-0.3, -0.25) is 4.79 Å². The lowest BCUT2D eigenvalue weighted by atomic mass is 10.2. The van der Waals surface area contributed by atoms with Crippen LogP contribution in [0, 0.1) is 6.92 Å². The van der Waals surface area contributed by atoms with Crippen LogP contribution >= 0.6 is 11.5 Å². The molecule has 2 fully saturated rings. The van der Waals surface area contributed by atoms with E-state index in [1.54, 1.807) is 6.20 Å². The molecular formula is C16H21N7O2S. The van der Waals surface area contributed by atoms with Crippen LogP contribution < -0.4 is 9.80 Å². The highest BCUT2D eigenvalue weighted by Gasteiger charge is 2.25. The third-order valence-electron chi connectivity index (χ3n) is 4.74. The van der Waals surface area contributed by atoms with Gasteiger partial charge in [0.25, 0.3) is 5.91 Å². The summed E-state index contributed by atoms with van der Waals surface area (Å²) in [5, 5.41) is 12.4. The molecule has 0 atom stereocenters. The van der Waals surface area contributed by atoms with Crippen molar-refractivity contribution >= 4 is 28.9 Å². The van der Waals surface area contributed by atoms with Gasteiger partial charge in [0.1, 0.15) is 4.88 Å². The van der Waals surface area contributed by atoms with Gasteiger partial charge in [0.05, 0.1) is 30.8 Å². The SMILES string of the molecule is Cc1nnsc1C(=O)N1CCN(c2cnnc(N3CCOCC3)c2)CC1. The molecule has 0 aliphatic carbocycles. The third kappa shape index (κ3) is 3.47. The number of hydrogen-bond acceptors (Lipinski definition) is 9. The fraction of sp³-hybridized carbons (Fsp3) is 0.562. The molecule has 2 aliphatic heterocycles. The highest BCUT2D eigenvalue weighted by Crippen LogP contribution is 2.22. The van der Waals surface area contributed by atoms with E-state index in [0.29, 0.717) is 23.7 Å². The van der Waals surface area contributed by atoms with Crippen molar-refractivity contribution in [1.29, 1.82) is 0 Å². The molecule has 138 valence electrons. The standard InChI is InChI=1S/C16H21N7O2S/c1-12-15(26-20-18-12)16(24)23-4-2-21(3-5-23)13-10-14(19-17-11-13)22-6-8-25-9-7-22/h10-11H,2-9H2,1H3. The van der Waals surface area contributed by atoms with E-state index in [1.165, 1.54) is 11.5 Å². The Morgan fingerprint density at radius 1 is 1.08 bits per heavy atom. The van der Waals surface area contributed by atoms with Crippen molar-refractivity contribution in [2.45, 2.75) is 6.92 Å². The summed E-state index contributed by atoms with van der Waals surface area (Å²) in [6.45, 7) is 7.82. The van der Waals surface area contributed by atoms with Gasteiger partial charge >= 0.3 is 0 Å². The Bertz CT molecular complexity index is 769. The van der Waals surface area contributed by atoms with Gasteiger partial charge in [-0.2, -0.15) is 5.10 Å². The highest BCUT2D eigenvalue weighted by atomic mass is 32.1. The van der Waals surface area contributed by atoms with E-state index in [-0.39, 0.29) is 5.91 Å². The number of ether oxygens (including phenoxy) is 1. The van der Waals surface area contributed by atoms with Gasteiger partial charge in [-0.1, -0.05) is 4.49 Å². The smallest absolute Gasteiger partial charge is 0.267 e. The lowest BCUT2D eigenvalue weighted by Gasteiger charge is -2.36. The second-order valence-corrected chi connectivity index (χ2v) is 7.09. The summed E-state index contributed by atoms with van der Waals surface area (Å²) in [6.07, 6.45) is 1.79. The summed E-state index contributed by atoms with van der Waals surface area (Å²) >= 11 is 1.17. The molecule has 2 aromatic rings. The lowest BCUT2D eigenvalue weighted by molar-refractivity contribution is 0.0750. The molecule has 10 heteroatoms. The fourth-order valence-corrected chi connectivity index (χ4v) is 3.83. The topological polar surface area (TPSA) is 87.6 Å². The minimum Gasteiger partial charge on any atom is -0.378 e. The first-order valence-corrected chi connectivity index (χ1v) is 9.48. The van der Waals surface area contributed by atoms with Crippen molar-refractivity contribution in [2.75, 3.05) is 62.3 Å².